The van der Waals surface area contributed by atoms with Crippen molar-refractivity contribution in [1.29, 1.82) is 0 Å². The van der Waals surface area contributed by atoms with Gasteiger partial charge in [0, 0.05) is 17.1 Å². The average molecular weight is 385 g/mol. The number of carbonyl (C=O) groups excluding carboxylic acids is 4. The lowest BCUT2D eigenvalue weighted by molar-refractivity contribution is -0.143. The van der Waals surface area contributed by atoms with Crippen LogP contribution in [0.1, 0.15) is 13.8 Å². The van der Waals surface area contributed by atoms with Gasteiger partial charge in [0.15, 0.2) is 0 Å². The summed E-state index contributed by atoms with van der Waals surface area (Å²) in [5, 5.41) is 2.45. The summed E-state index contributed by atoms with van der Waals surface area (Å²) in [6.07, 6.45) is 0. The fourth-order valence-electron chi connectivity index (χ4n) is 2.28. The van der Waals surface area contributed by atoms with Gasteiger partial charge in [-0.2, -0.15) is 8.78 Å². The van der Waals surface area contributed by atoms with Crippen LogP contribution < -0.4 is 5.32 Å². The quantitative estimate of drug-likeness (QED) is 0.442. The highest BCUT2D eigenvalue weighted by atomic mass is 32.2. The van der Waals surface area contributed by atoms with Gasteiger partial charge in [0.2, 0.25) is 5.91 Å². The number of nitrogens with zero attached hydrogens (tertiary/aromatic N) is 2. The Labute approximate surface area is 152 Å². The first-order chi connectivity index (χ1) is 12.2. The monoisotopic (exact) mass is 385 g/mol. The average Bonchev–Trinajstić information content (AvgIpc) is 2.74. The molecule has 140 valence electrons. The highest BCUT2D eigenvalue weighted by molar-refractivity contribution is 7.99. The molecule has 1 aromatic carbocycles. The van der Waals surface area contributed by atoms with Gasteiger partial charge >= 0.3 is 17.8 Å². The topological polar surface area (TPSA) is 86.8 Å². The maximum atomic E-state index is 12.3. The molecular weight excluding hydrogens is 368 g/mol. The lowest BCUT2D eigenvalue weighted by Gasteiger charge is -2.16. The molecule has 1 fully saturated rings. The maximum Gasteiger partial charge on any atom is 0.334 e. The zero-order valence-electron chi connectivity index (χ0n) is 14.1. The summed E-state index contributed by atoms with van der Waals surface area (Å²) < 4.78 is 24.5. The number of anilines is 1. The molecule has 7 nitrogen and oxygen atoms in total. The number of thioether (sulfide) groups is 1. The van der Waals surface area contributed by atoms with E-state index < -0.39 is 36.1 Å². The number of halogens is 2. The molecule has 0 spiro atoms. The zero-order valence-corrected chi connectivity index (χ0v) is 14.9. The predicted molar refractivity (Wildman–Crippen MR) is 90.6 cm³/mol. The van der Waals surface area contributed by atoms with Gasteiger partial charge in [-0.15, -0.1) is 0 Å². The number of urea groups is 1. The summed E-state index contributed by atoms with van der Waals surface area (Å²) in [6, 6.07) is 4.84. The van der Waals surface area contributed by atoms with Gasteiger partial charge in [-0.3, -0.25) is 19.3 Å². The summed E-state index contributed by atoms with van der Waals surface area (Å²) in [7, 11) is 0. The molecule has 10 heteroatoms. The standard InChI is InChI=1S/C16H17F2N3O4S/c1-9(2)7-20-13(23)14(24)21(16(20)25)8-12(22)19-10-3-5-11(6-4-10)26-15(17)18/h3-6,9,15H,7-8H2,1-2H3,(H,19,22). The number of imide groups is 2. The van der Waals surface area contributed by atoms with Crippen molar-refractivity contribution in [1.82, 2.24) is 9.80 Å². The van der Waals surface area contributed by atoms with E-state index in [1.807, 2.05) is 0 Å². The number of rotatable bonds is 7. The van der Waals surface area contributed by atoms with Crippen LogP contribution in [0.15, 0.2) is 29.2 Å². The van der Waals surface area contributed by atoms with E-state index in [0.29, 0.717) is 27.2 Å². The molecule has 1 aliphatic rings. The number of alkyl halides is 2. The third-order valence-corrected chi connectivity index (χ3v) is 4.07. The van der Waals surface area contributed by atoms with E-state index in [0.717, 1.165) is 4.90 Å². The minimum absolute atomic E-state index is 0.0194. The molecule has 0 atom stereocenters. The van der Waals surface area contributed by atoms with Gasteiger partial charge in [-0.25, -0.2) is 9.69 Å². The van der Waals surface area contributed by atoms with Crippen LogP contribution in [0.4, 0.5) is 19.3 Å². The van der Waals surface area contributed by atoms with E-state index in [9.17, 15) is 28.0 Å². The number of hydrogen-bond acceptors (Lipinski definition) is 5. The van der Waals surface area contributed by atoms with Crippen molar-refractivity contribution < 1.29 is 28.0 Å². The molecular formula is C16H17F2N3O4S. The second kappa shape index (κ2) is 8.26. The Morgan fingerprint density at radius 1 is 1.08 bits per heavy atom. The van der Waals surface area contributed by atoms with E-state index in [4.69, 9.17) is 0 Å². The fourth-order valence-corrected chi connectivity index (χ4v) is 2.78. The van der Waals surface area contributed by atoms with E-state index in [-0.39, 0.29) is 12.5 Å². The summed E-state index contributed by atoms with van der Waals surface area (Å²) in [4.78, 5) is 49.7. The van der Waals surface area contributed by atoms with Crippen molar-refractivity contribution in [3.8, 4) is 0 Å². The summed E-state index contributed by atoms with van der Waals surface area (Å²) in [5.74, 6) is -5.25. The second-order valence-electron chi connectivity index (χ2n) is 5.93. The third kappa shape index (κ3) is 4.78. The molecule has 26 heavy (non-hydrogen) atoms. The van der Waals surface area contributed by atoms with Gasteiger partial charge < -0.3 is 5.32 Å². The number of amides is 5. The summed E-state index contributed by atoms with van der Waals surface area (Å²) >= 11 is 0.371. The highest BCUT2D eigenvalue weighted by Gasteiger charge is 2.45. The Bertz CT molecular complexity index is 725. The number of nitrogens with one attached hydrogen (secondary N) is 1. The van der Waals surface area contributed by atoms with Crippen LogP contribution in [-0.4, -0.2) is 52.4 Å². The fraction of sp³-hybridized carbons (Fsp3) is 0.375. The van der Waals surface area contributed by atoms with Gasteiger partial charge in [0.25, 0.3) is 5.76 Å². The van der Waals surface area contributed by atoms with Crippen molar-refractivity contribution in [2.45, 2.75) is 24.5 Å². The zero-order chi connectivity index (χ0) is 19.4. The van der Waals surface area contributed by atoms with Crippen molar-refractivity contribution in [2.24, 2.45) is 5.92 Å². The van der Waals surface area contributed by atoms with E-state index >= 15 is 0 Å². The van der Waals surface area contributed by atoms with Gasteiger partial charge in [-0.05, 0) is 30.2 Å². The van der Waals surface area contributed by atoms with Crippen molar-refractivity contribution in [2.75, 3.05) is 18.4 Å². The van der Waals surface area contributed by atoms with E-state index in [1.165, 1.54) is 24.3 Å². The first kappa shape index (κ1) is 19.8. The molecule has 1 aromatic rings. The minimum atomic E-state index is -2.55. The molecule has 0 aromatic heterocycles. The maximum absolute atomic E-state index is 12.3. The molecule has 1 heterocycles. The smallest absolute Gasteiger partial charge is 0.325 e. The first-order valence-electron chi connectivity index (χ1n) is 7.71. The van der Waals surface area contributed by atoms with E-state index in [1.54, 1.807) is 13.8 Å². The normalized spacial score (nSPS) is 14.8. The van der Waals surface area contributed by atoms with Gasteiger partial charge in [0.1, 0.15) is 6.54 Å². The SMILES string of the molecule is CC(C)CN1C(=O)C(=O)N(CC(=O)Nc2ccc(SC(F)F)cc2)C1=O. The van der Waals surface area contributed by atoms with E-state index in [2.05, 4.69) is 5.32 Å². The van der Waals surface area contributed by atoms with Crippen LogP contribution in [0, 0.1) is 5.92 Å². The second-order valence-corrected chi connectivity index (χ2v) is 7.00. The lowest BCUT2D eigenvalue weighted by atomic mass is 10.2. The van der Waals surface area contributed by atoms with Crippen LogP contribution in [0.25, 0.3) is 0 Å². The molecule has 0 aliphatic carbocycles. The molecule has 1 N–H and O–H groups in total. The Balaban J connectivity index is 1.98. The molecule has 0 unspecified atom stereocenters. The van der Waals surface area contributed by atoms with Crippen molar-refractivity contribution >= 4 is 41.2 Å². The van der Waals surface area contributed by atoms with Crippen molar-refractivity contribution in [3.05, 3.63) is 24.3 Å². The Morgan fingerprint density at radius 2 is 1.65 bits per heavy atom. The van der Waals surface area contributed by atoms with Gasteiger partial charge in [0.05, 0.1) is 0 Å². The van der Waals surface area contributed by atoms with Crippen LogP contribution in [0.2, 0.25) is 0 Å². The number of benzene rings is 1. The minimum Gasteiger partial charge on any atom is -0.325 e. The molecule has 0 saturated carbocycles. The molecule has 0 radical (unpaired) electrons. The van der Waals surface area contributed by atoms with Crippen LogP contribution in [0.3, 0.4) is 0 Å². The van der Waals surface area contributed by atoms with Crippen molar-refractivity contribution in [3.63, 3.8) is 0 Å². The Kier molecular flexibility index (Phi) is 6.30. The Hall–Kier alpha value is -2.49. The Morgan fingerprint density at radius 3 is 2.19 bits per heavy atom. The molecule has 2 rings (SSSR count). The molecule has 1 aliphatic heterocycles. The third-order valence-electron chi connectivity index (χ3n) is 3.35. The lowest BCUT2D eigenvalue weighted by Crippen LogP contribution is -2.39. The summed E-state index contributed by atoms with van der Waals surface area (Å²) in [6.45, 7) is 3.06. The first-order valence-corrected chi connectivity index (χ1v) is 8.59. The number of carbonyl (C=O) groups is 4. The predicted octanol–water partition coefficient (Wildman–Crippen LogP) is 2.39. The van der Waals surface area contributed by atoms with Crippen LogP contribution in [-0.2, 0) is 14.4 Å². The van der Waals surface area contributed by atoms with Gasteiger partial charge in [-0.1, -0.05) is 25.6 Å². The number of hydrogen-bond donors (Lipinski definition) is 1. The summed E-state index contributed by atoms with van der Waals surface area (Å²) in [5.41, 5.74) is 0.318. The molecule has 0 bridgehead atoms. The molecule has 5 amide bonds. The largest absolute Gasteiger partial charge is 0.334 e. The van der Waals surface area contributed by atoms with Crippen LogP contribution in [0.5, 0.6) is 0 Å². The highest BCUT2D eigenvalue weighted by Crippen LogP contribution is 2.26. The van der Waals surface area contributed by atoms with Crippen LogP contribution >= 0.6 is 11.8 Å². The molecule has 1 saturated heterocycles.